The van der Waals surface area contributed by atoms with Gasteiger partial charge < -0.3 is 25.2 Å². The molecule has 2 amide bonds. The van der Waals surface area contributed by atoms with Crippen molar-refractivity contribution in [2.24, 2.45) is 0 Å². The highest BCUT2D eigenvalue weighted by atomic mass is 16.5. The summed E-state index contributed by atoms with van der Waals surface area (Å²) >= 11 is 0. The van der Waals surface area contributed by atoms with Crippen molar-refractivity contribution in [2.45, 2.75) is 37.8 Å². The molecule has 1 aliphatic rings. The molecule has 2 atom stereocenters. The summed E-state index contributed by atoms with van der Waals surface area (Å²) in [6.45, 7) is 1.50. The second-order valence-electron chi connectivity index (χ2n) is 7.71. The van der Waals surface area contributed by atoms with Crippen molar-refractivity contribution in [1.82, 2.24) is 10.6 Å². The molecule has 0 saturated heterocycles. The molecule has 0 aliphatic heterocycles. The van der Waals surface area contributed by atoms with Gasteiger partial charge in [-0.25, -0.2) is 9.59 Å². The number of carboxylic acids is 1. The van der Waals surface area contributed by atoms with Crippen molar-refractivity contribution in [1.29, 1.82) is 0 Å². The molecule has 3 N–H and O–H groups in total. The zero-order chi connectivity index (χ0) is 24.0. The fourth-order valence-corrected chi connectivity index (χ4v) is 3.80. The largest absolute Gasteiger partial charge is 0.480 e. The second-order valence-corrected chi connectivity index (χ2v) is 7.71. The molecule has 1 aliphatic carbocycles. The number of carbonyl (C=O) groups is 4. The molecule has 0 heterocycles. The van der Waals surface area contributed by atoms with Gasteiger partial charge in [-0.3, -0.25) is 9.59 Å². The second kappa shape index (κ2) is 10.6. The fraction of sp³-hybridized carbons (Fsp3) is 0.333. The normalized spacial score (nSPS) is 13.8. The number of esters is 1. The van der Waals surface area contributed by atoms with Gasteiger partial charge in [0.2, 0.25) is 5.91 Å². The number of hydrogen-bond donors (Lipinski definition) is 3. The minimum absolute atomic E-state index is 0.0884. The summed E-state index contributed by atoms with van der Waals surface area (Å²) in [4.78, 5) is 47.2. The Hall–Kier alpha value is -3.88. The third-order valence-corrected chi connectivity index (χ3v) is 5.55. The number of methoxy groups -OCH3 is 1. The lowest BCUT2D eigenvalue weighted by Gasteiger charge is -2.19. The minimum atomic E-state index is -1.29. The van der Waals surface area contributed by atoms with Crippen LogP contribution in [0.1, 0.15) is 36.8 Å². The highest BCUT2D eigenvalue weighted by molar-refractivity contribution is 5.89. The van der Waals surface area contributed by atoms with Crippen LogP contribution in [0.2, 0.25) is 0 Å². The van der Waals surface area contributed by atoms with Gasteiger partial charge in [0.25, 0.3) is 0 Å². The molecular weight excluding hydrogens is 428 g/mol. The fourth-order valence-electron chi connectivity index (χ4n) is 3.80. The highest BCUT2D eigenvalue weighted by Crippen LogP contribution is 2.44. The Morgan fingerprint density at radius 2 is 1.55 bits per heavy atom. The van der Waals surface area contributed by atoms with Gasteiger partial charge in [0.1, 0.15) is 18.7 Å². The molecule has 0 spiro atoms. The lowest BCUT2D eigenvalue weighted by atomic mass is 9.98. The van der Waals surface area contributed by atoms with Gasteiger partial charge in [0.15, 0.2) is 0 Å². The third-order valence-electron chi connectivity index (χ3n) is 5.55. The molecule has 0 radical (unpaired) electrons. The van der Waals surface area contributed by atoms with Gasteiger partial charge in [-0.2, -0.15) is 0 Å². The Labute approximate surface area is 191 Å². The number of aliphatic carboxylic acids is 1. The van der Waals surface area contributed by atoms with Crippen LogP contribution < -0.4 is 10.6 Å². The molecule has 9 nitrogen and oxygen atoms in total. The number of ether oxygens (including phenoxy) is 2. The molecular formula is C24H26N2O7. The molecule has 2 aromatic carbocycles. The van der Waals surface area contributed by atoms with E-state index in [2.05, 4.69) is 15.4 Å². The highest BCUT2D eigenvalue weighted by Gasteiger charge is 2.30. The SMILES string of the molecule is COC(=O)CC[C@H](NC(=O)[C@H](C)NC(=O)OCC1c2ccccc2-c2ccccc21)C(=O)O. The van der Waals surface area contributed by atoms with Crippen molar-refractivity contribution in [3.63, 3.8) is 0 Å². The van der Waals surface area contributed by atoms with E-state index < -0.39 is 36.0 Å². The van der Waals surface area contributed by atoms with Gasteiger partial charge in [0.05, 0.1) is 7.11 Å². The van der Waals surface area contributed by atoms with Crippen LogP contribution in [0.4, 0.5) is 4.79 Å². The quantitative estimate of drug-likeness (QED) is 0.496. The van der Waals surface area contributed by atoms with E-state index in [-0.39, 0.29) is 25.4 Å². The number of hydrogen-bond acceptors (Lipinski definition) is 6. The zero-order valence-corrected chi connectivity index (χ0v) is 18.4. The topological polar surface area (TPSA) is 131 Å². The number of fused-ring (bicyclic) bond motifs is 3. The molecule has 0 aromatic heterocycles. The van der Waals surface area contributed by atoms with Crippen LogP contribution in [0.25, 0.3) is 11.1 Å². The Kier molecular flexibility index (Phi) is 7.66. The first-order chi connectivity index (χ1) is 15.8. The first-order valence-electron chi connectivity index (χ1n) is 10.5. The number of amides is 2. The van der Waals surface area contributed by atoms with E-state index in [1.807, 2.05) is 48.5 Å². The first-order valence-corrected chi connectivity index (χ1v) is 10.5. The molecule has 2 aromatic rings. The van der Waals surface area contributed by atoms with Gasteiger partial charge >= 0.3 is 18.0 Å². The van der Waals surface area contributed by atoms with Gasteiger partial charge in [-0.1, -0.05) is 48.5 Å². The molecule has 0 bridgehead atoms. The van der Waals surface area contributed by atoms with Crippen molar-refractivity contribution < 1.29 is 33.8 Å². The average molecular weight is 454 g/mol. The summed E-state index contributed by atoms with van der Waals surface area (Å²) < 4.78 is 9.88. The molecule has 0 saturated carbocycles. The minimum Gasteiger partial charge on any atom is -0.480 e. The van der Waals surface area contributed by atoms with E-state index in [1.54, 1.807) is 0 Å². The summed E-state index contributed by atoms with van der Waals surface area (Å²) in [7, 11) is 1.19. The van der Waals surface area contributed by atoms with E-state index in [4.69, 9.17) is 4.74 Å². The summed E-state index contributed by atoms with van der Waals surface area (Å²) in [5.74, 6) is -2.70. The molecule has 0 fully saturated rings. The predicted octanol–water partition coefficient (Wildman–Crippen LogP) is 2.44. The number of benzene rings is 2. The molecule has 33 heavy (non-hydrogen) atoms. The number of alkyl carbamates (subject to hydrolysis) is 1. The number of carboxylic acid groups (broad SMARTS) is 1. The average Bonchev–Trinajstić information content (AvgIpc) is 3.13. The first kappa shape index (κ1) is 23.8. The Bertz CT molecular complexity index is 1010. The Balaban J connectivity index is 1.55. The van der Waals surface area contributed by atoms with E-state index in [0.29, 0.717) is 0 Å². The van der Waals surface area contributed by atoms with Gasteiger partial charge in [0, 0.05) is 12.3 Å². The predicted molar refractivity (Wildman–Crippen MR) is 118 cm³/mol. The maximum Gasteiger partial charge on any atom is 0.407 e. The lowest BCUT2D eigenvalue weighted by Crippen LogP contribution is -2.50. The lowest BCUT2D eigenvalue weighted by molar-refractivity contribution is -0.144. The summed E-state index contributed by atoms with van der Waals surface area (Å²) in [6, 6.07) is 13.5. The third kappa shape index (κ3) is 5.68. The van der Waals surface area contributed by atoms with Crippen LogP contribution in [-0.4, -0.2) is 54.8 Å². The van der Waals surface area contributed by atoms with E-state index >= 15 is 0 Å². The summed E-state index contributed by atoms with van der Waals surface area (Å²) in [5.41, 5.74) is 4.32. The smallest absolute Gasteiger partial charge is 0.407 e. The standard InChI is InChI=1S/C24H26N2O7/c1-14(22(28)26-20(23(29)30)11-12-21(27)32-2)25-24(31)33-13-19-17-9-5-3-7-15(17)16-8-4-6-10-18(16)19/h3-10,14,19-20H,11-13H2,1-2H3,(H,25,31)(H,26,28)(H,29,30)/t14-,20-/m0/s1. The Morgan fingerprint density at radius 3 is 2.09 bits per heavy atom. The van der Waals surface area contributed by atoms with Crippen molar-refractivity contribution >= 4 is 23.9 Å². The number of carbonyl (C=O) groups excluding carboxylic acids is 3. The van der Waals surface area contributed by atoms with Crippen LogP contribution in [0.5, 0.6) is 0 Å². The molecule has 3 rings (SSSR count). The van der Waals surface area contributed by atoms with E-state index in [0.717, 1.165) is 22.3 Å². The van der Waals surface area contributed by atoms with Crippen molar-refractivity contribution in [3.8, 4) is 11.1 Å². The molecule has 174 valence electrons. The van der Waals surface area contributed by atoms with Crippen LogP contribution in [0.15, 0.2) is 48.5 Å². The zero-order valence-electron chi connectivity index (χ0n) is 18.4. The van der Waals surface area contributed by atoms with E-state index in [1.165, 1.54) is 14.0 Å². The summed E-state index contributed by atoms with van der Waals surface area (Å²) in [6.07, 6.45) is -1.09. The van der Waals surface area contributed by atoms with E-state index in [9.17, 15) is 24.3 Å². The maximum absolute atomic E-state index is 12.3. The molecule has 9 heteroatoms. The maximum atomic E-state index is 12.3. The summed E-state index contributed by atoms with van der Waals surface area (Å²) in [5, 5.41) is 14.0. The van der Waals surface area contributed by atoms with Gasteiger partial charge in [-0.05, 0) is 35.6 Å². The molecule has 0 unspecified atom stereocenters. The van der Waals surface area contributed by atoms with Crippen LogP contribution in [0, 0.1) is 0 Å². The van der Waals surface area contributed by atoms with Gasteiger partial charge in [-0.15, -0.1) is 0 Å². The Morgan fingerprint density at radius 1 is 0.970 bits per heavy atom. The van der Waals surface area contributed by atoms with Crippen molar-refractivity contribution in [2.75, 3.05) is 13.7 Å². The van der Waals surface area contributed by atoms with Crippen molar-refractivity contribution in [3.05, 3.63) is 59.7 Å². The van der Waals surface area contributed by atoms with Crippen LogP contribution in [-0.2, 0) is 23.9 Å². The number of rotatable bonds is 9. The number of nitrogens with one attached hydrogen (secondary N) is 2. The monoisotopic (exact) mass is 454 g/mol. The van der Waals surface area contributed by atoms with Crippen LogP contribution >= 0.6 is 0 Å². The van der Waals surface area contributed by atoms with Crippen LogP contribution in [0.3, 0.4) is 0 Å².